The molecule has 0 saturated heterocycles. The van der Waals surface area contributed by atoms with Gasteiger partial charge in [-0.05, 0) is 24.6 Å². The lowest BCUT2D eigenvalue weighted by atomic mass is 10.1. The first-order valence-electron chi connectivity index (χ1n) is 5.05. The average Bonchev–Trinajstić information content (AvgIpc) is 2.35. The van der Waals surface area contributed by atoms with E-state index in [0.717, 1.165) is 12.1 Å². The van der Waals surface area contributed by atoms with Crippen LogP contribution in [0.15, 0.2) is 18.2 Å². The van der Waals surface area contributed by atoms with Gasteiger partial charge >= 0.3 is 0 Å². The van der Waals surface area contributed by atoms with Crippen molar-refractivity contribution in [2.24, 2.45) is 5.92 Å². The van der Waals surface area contributed by atoms with E-state index in [-0.39, 0.29) is 17.6 Å². The predicted octanol–water partition coefficient (Wildman–Crippen LogP) is 2.22. The Balaban J connectivity index is 2.31. The van der Waals surface area contributed by atoms with E-state index >= 15 is 0 Å². The van der Waals surface area contributed by atoms with Crippen LogP contribution < -0.4 is 10.6 Å². The Hall–Kier alpha value is -1.58. The van der Waals surface area contributed by atoms with Crippen molar-refractivity contribution in [3.63, 3.8) is 0 Å². The lowest BCUT2D eigenvalue weighted by molar-refractivity contribution is -0.119. The summed E-state index contributed by atoms with van der Waals surface area (Å²) < 4.78 is 13.0. The van der Waals surface area contributed by atoms with Crippen molar-refractivity contribution in [2.75, 3.05) is 17.2 Å². The molecule has 1 amide bonds. The van der Waals surface area contributed by atoms with Gasteiger partial charge in [0, 0.05) is 6.54 Å². The molecule has 1 aromatic carbocycles. The lowest BCUT2D eigenvalue weighted by Crippen LogP contribution is -2.24. The van der Waals surface area contributed by atoms with E-state index in [9.17, 15) is 9.18 Å². The highest BCUT2D eigenvalue weighted by Crippen LogP contribution is 2.26. The zero-order chi connectivity index (χ0) is 10.8. The third-order valence-electron chi connectivity index (χ3n) is 2.64. The van der Waals surface area contributed by atoms with E-state index in [1.165, 1.54) is 12.1 Å². The Morgan fingerprint density at radius 1 is 1.47 bits per heavy atom. The number of fused-ring (bicyclic) bond motifs is 1. The number of hydrogen-bond donors (Lipinski definition) is 2. The molecule has 1 atom stereocenters. The van der Waals surface area contributed by atoms with Crippen LogP contribution in [0.25, 0.3) is 0 Å². The van der Waals surface area contributed by atoms with Gasteiger partial charge in [-0.3, -0.25) is 4.79 Å². The van der Waals surface area contributed by atoms with E-state index in [1.807, 2.05) is 6.92 Å². The quantitative estimate of drug-likeness (QED) is 0.743. The van der Waals surface area contributed by atoms with Crippen LogP contribution in [0.4, 0.5) is 15.8 Å². The van der Waals surface area contributed by atoms with Crippen LogP contribution >= 0.6 is 0 Å². The predicted molar refractivity (Wildman–Crippen MR) is 57.3 cm³/mol. The fourth-order valence-corrected chi connectivity index (χ4v) is 1.66. The molecule has 3 nitrogen and oxygen atoms in total. The fraction of sp³-hybridized carbons (Fsp3) is 0.364. The maximum Gasteiger partial charge on any atom is 0.229 e. The molecule has 2 N–H and O–H groups in total. The molecule has 0 radical (unpaired) electrons. The highest BCUT2D eigenvalue weighted by Gasteiger charge is 2.21. The van der Waals surface area contributed by atoms with E-state index < -0.39 is 0 Å². The number of carbonyl (C=O) groups excluding carboxylic acids is 1. The number of halogens is 1. The second kappa shape index (κ2) is 3.88. The number of nitrogens with one attached hydrogen (secondary N) is 2. The maximum atomic E-state index is 13.0. The molecule has 1 aromatic rings. The van der Waals surface area contributed by atoms with Crippen LogP contribution in [0.2, 0.25) is 0 Å². The van der Waals surface area contributed by atoms with Gasteiger partial charge < -0.3 is 10.6 Å². The molecule has 1 heterocycles. The zero-order valence-electron chi connectivity index (χ0n) is 8.51. The van der Waals surface area contributed by atoms with E-state index in [0.29, 0.717) is 12.2 Å². The molecule has 0 aromatic heterocycles. The molecule has 0 spiro atoms. The number of anilines is 2. The molecule has 1 unspecified atom stereocenters. The van der Waals surface area contributed by atoms with Crippen molar-refractivity contribution in [2.45, 2.75) is 13.3 Å². The summed E-state index contributed by atoms with van der Waals surface area (Å²) in [5, 5.41) is 5.86. The molecule has 80 valence electrons. The van der Waals surface area contributed by atoms with E-state index in [1.54, 1.807) is 6.07 Å². The molecule has 0 bridgehead atoms. The lowest BCUT2D eigenvalue weighted by Gasteiger charge is -2.09. The SMILES string of the molecule is CCC1CNc2ccc(F)cc2NC1=O. The zero-order valence-corrected chi connectivity index (χ0v) is 8.51. The highest BCUT2D eigenvalue weighted by atomic mass is 19.1. The first kappa shape index (κ1) is 9.96. The Labute approximate surface area is 87.7 Å². The van der Waals surface area contributed by atoms with Gasteiger partial charge in [0.15, 0.2) is 0 Å². The summed E-state index contributed by atoms with van der Waals surface area (Å²) in [6.07, 6.45) is 0.773. The first-order valence-corrected chi connectivity index (χ1v) is 5.05. The van der Waals surface area contributed by atoms with Gasteiger partial charge in [-0.2, -0.15) is 0 Å². The Morgan fingerprint density at radius 2 is 2.27 bits per heavy atom. The molecule has 1 aliphatic rings. The molecule has 4 heteroatoms. The number of benzene rings is 1. The van der Waals surface area contributed by atoms with Crippen molar-refractivity contribution in [1.29, 1.82) is 0 Å². The van der Waals surface area contributed by atoms with Crippen LogP contribution in [-0.4, -0.2) is 12.5 Å². The monoisotopic (exact) mass is 208 g/mol. The van der Waals surface area contributed by atoms with Gasteiger partial charge in [0.1, 0.15) is 5.82 Å². The number of amides is 1. The Kier molecular flexibility index (Phi) is 2.58. The van der Waals surface area contributed by atoms with E-state index in [4.69, 9.17) is 0 Å². The molecular formula is C11H13FN2O. The Bertz CT molecular complexity index is 392. The minimum atomic E-state index is -0.342. The standard InChI is InChI=1S/C11H13FN2O/c1-2-7-6-13-9-4-3-8(12)5-10(9)14-11(7)15/h3-5,7,13H,2,6H2,1H3,(H,14,15). The van der Waals surface area contributed by atoms with Gasteiger partial charge in [-0.1, -0.05) is 6.92 Å². The van der Waals surface area contributed by atoms with E-state index in [2.05, 4.69) is 10.6 Å². The van der Waals surface area contributed by atoms with Crippen LogP contribution in [0.3, 0.4) is 0 Å². The summed E-state index contributed by atoms with van der Waals surface area (Å²) in [7, 11) is 0. The molecule has 1 aliphatic heterocycles. The van der Waals surface area contributed by atoms with Gasteiger partial charge in [-0.25, -0.2) is 4.39 Å². The van der Waals surface area contributed by atoms with Crippen molar-refractivity contribution < 1.29 is 9.18 Å². The maximum absolute atomic E-state index is 13.0. The van der Waals surface area contributed by atoms with Gasteiger partial charge in [-0.15, -0.1) is 0 Å². The van der Waals surface area contributed by atoms with Crippen LogP contribution in [-0.2, 0) is 4.79 Å². The fourth-order valence-electron chi connectivity index (χ4n) is 1.66. The van der Waals surface area contributed by atoms with Crippen LogP contribution in [0, 0.1) is 11.7 Å². The summed E-state index contributed by atoms with van der Waals surface area (Å²) in [6, 6.07) is 4.35. The molecule has 0 saturated carbocycles. The third kappa shape index (κ3) is 1.93. The number of carbonyl (C=O) groups is 1. The highest BCUT2D eigenvalue weighted by molar-refractivity contribution is 5.97. The molecular weight excluding hydrogens is 195 g/mol. The summed E-state index contributed by atoms with van der Waals surface area (Å²) in [5.41, 5.74) is 1.30. The first-order chi connectivity index (χ1) is 7.20. The third-order valence-corrected chi connectivity index (χ3v) is 2.64. The van der Waals surface area contributed by atoms with Gasteiger partial charge in [0.2, 0.25) is 5.91 Å². The summed E-state index contributed by atoms with van der Waals surface area (Å²) in [6.45, 7) is 2.56. The second-order valence-corrected chi connectivity index (χ2v) is 3.67. The average molecular weight is 208 g/mol. The largest absolute Gasteiger partial charge is 0.383 e. The van der Waals surface area contributed by atoms with Crippen LogP contribution in [0.1, 0.15) is 13.3 Å². The van der Waals surface area contributed by atoms with Crippen molar-refractivity contribution in [3.05, 3.63) is 24.0 Å². The molecule has 0 aliphatic carbocycles. The molecule has 0 fully saturated rings. The molecule has 15 heavy (non-hydrogen) atoms. The van der Waals surface area contributed by atoms with Gasteiger partial charge in [0.25, 0.3) is 0 Å². The number of rotatable bonds is 1. The van der Waals surface area contributed by atoms with Crippen LogP contribution in [0.5, 0.6) is 0 Å². The topological polar surface area (TPSA) is 41.1 Å². The summed E-state index contributed by atoms with van der Waals surface area (Å²) >= 11 is 0. The molecule has 2 rings (SSSR count). The minimum Gasteiger partial charge on any atom is -0.383 e. The minimum absolute atomic E-state index is 0.0469. The van der Waals surface area contributed by atoms with Crippen molar-refractivity contribution >= 4 is 17.3 Å². The summed E-state index contributed by atoms with van der Waals surface area (Å²) in [5.74, 6) is -0.444. The Morgan fingerprint density at radius 3 is 3.00 bits per heavy atom. The summed E-state index contributed by atoms with van der Waals surface area (Å²) in [4.78, 5) is 11.6. The second-order valence-electron chi connectivity index (χ2n) is 3.67. The van der Waals surface area contributed by atoms with Gasteiger partial charge in [0.05, 0.1) is 17.3 Å². The smallest absolute Gasteiger partial charge is 0.229 e. The normalized spacial score (nSPS) is 19.9. The van der Waals surface area contributed by atoms with Crippen molar-refractivity contribution in [1.82, 2.24) is 0 Å². The number of hydrogen-bond acceptors (Lipinski definition) is 2. The van der Waals surface area contributed by atoms with Crippen molar-refractivity contribution in [3.8, 4) is 0 Å².